The Morgan fingerprint density at radius 1 is 0.963 bits per heavy atom. The maximum absolute atomic E-state index is 12.2. The van der Waals surface area contributed by atoms with E-state index in [1.54, 1.807) is 41.6 Å². The molecule has 1 aliphatic heterocycles. The molecule has 1 aliphatic carbocycles. The van der Waals surface area contributed by atoms with Gasteiger partial charge in [-0.2, -0.15) is 5.10 Å². The van der Waals surface area contributed by atoms with E-state index in [-0.39, 0.29) is 5.56 Å². The van der Waals surface area contributed by atoms with Gasteiger partial charge < -0.3 is 4.90 Å². The van der Waals surface area contributed by atoms with Gasteiger partial charge in [0, 0.05) is 61.3 Å². The first-order valence-electron chi connectivity index (χ1n) is 9.32. The van der Waals surface area contributed by atoms with Gasteiger partial charge in [0.25, 0.3) is 5.56 Å². The molecule has 3 aromatic heterocycles. The summed E-state index contributed by atoms with van der Waals surface area (Å²) in [5.74, 6) is 1.98. The number of rotatable bonds is 5. The predicted octanol–water partition coefficient (Wildman–Crippen LogP) is 2.11. The number of aromatic nitrogens is 5. The maximum atomic E-state index is 12.2. The van der Waals surface area contributed by atoms with E-state index >= 15 is 0 Å². The first kappa shape index (κ1) is 16.1. The summed E-state index contributed by atoms with van der Waals surface area (Å²) in [6, 6.07) is 7.15. The number of hydrogen-bond acceptors (Lipinski definition) is 6. The largest absolute Gasteiger partial charge is 0.354 e. The third-order valence-corrected chi connectivity index (χ3v) is 5.20. The lowest BCUT2D eigenvalue weighted by molar-refractivity contribution is 0.332. The van der Waals surface area contributed by atoms with Crippen LogP contribution in [0.4, 0.5) is 5.82 Å². The molecule has 27 heavy (non-hydrogen) atoms. The van der Waals surface area contributed by atoms with Crippen molar-refractivity contribution in [3.05, 3.63) is 65.1 Å². The van der Waals surface area contributed by atoms with E-state index in [2.05, 4.69) is 25.0 Å². The van der Waals surface area contributed by atoms with Gasteiger partial charge in [-0.1, -0.05) is 0 Å². The summed E-state index contributed by atoms with van der Waals surface area (Å²) in [5, 5.41) is 4.55. The SMILES string of the molecule is O=c1ccc(-c2ccncc2)nn1CC1CN(c2nccnc2C2CC2)C1. The lowest BCUT2D eigenvalue weighted by Crippen LogP contribution is -2.50. The zero-order valence-electron chi connectivity index (χ0n) is 14.9. The molecule has 2 fully saturated rings. The molecule has 0 aromatic carbocycles. The Labute approximate surface area is 156 Å². The summed E-state index contributed by atoms with van der Waals surface area (Å²) >= 11 is 0. The molecule has 0 bridgehead atoms. The fourth-order valence-corrected chi connectivity index (χ4v) is 3.59. The zero-order chi connectivity index (χ0) is 18.2. The Hall–Kier alpha value is -3.09. The van der Waals surface area contributed by atoms with Crippen molar-refractivity contribution >= 4 is 5.82 Å². The van der Waals surface area contributed by atoms with E-state index < -0.39 is 0 Å². The van der Waals surface area contributed by atoms with Crippen LogP contribution in [0.3, 0.4) is 0 Å². The van der Waals surface area contributed by atoms with Crippen LogP contribution in [0.5, 0.6) is 0 Å². The Kier molecular flexibility index (Phi) is 3.92. The monoisotopic (exact) mass is 360 g/mol. The number of pyridine rings is 1. The van der Waals surface area contributed by atoms with Crippen LogP contribution in [-0.2, 0) is 6.54 Å². The van der Waals surface area contributed by atoms with Crippen LogP contribution in [0.2, 0.25) is 0 Å². The predicted molar refractivity (Wildman–Crippen MR) is 101 cm³/mol. The second-order valence-electron chi connectivity index (χ2n) is 7.29. The molecule has 0 atom stereocenters. The first-order valence-corrected chi connectivity index (χ1v) is 9.32. The smallest absolute Gasteiger partial charge is 0.266 e. The van der Waals surface area contributed by atoms with Crippen molar-refractivity contribution in [3.63, 3.8) is 0 Å². The third-order valence-electron chi connectivity index (χ3n) is 5.20. The maximum Gasteiger partial charge on any atom is 0.266 e. The number of anilines is 1. The Bertz CT molecular complexity index is 1010. The minimum absolute atomic E-state index is 0.0653. The van der Waals surface area contributed by atoms with E-state index in [4.69, 9.17) is 0 Å². The van der Waals surface area contributed by atoms with Crippen LogP contribution in [0.15, 0.2) is 53.8 Å². The van der Waals surface area contributed by atoms with E-state index in [1.807, 2.05) is 12.1 Å². The second-order valence-corrected chi connectivity index (χ2v) is 7.29. The van der Waals surface area contributed by atoms with Gasteiger partial charge in [0.05, 0.1) is 17.9 Å². The molecule has 2 aliphatic rings. The van der Waals surface area contributed by atoms with Crippen molar-refractivity contribution in [1.82, 2.24) is 24.7 Å². The van der Waals surface area contributed by atoms with E-state index in [1.165, 1.54) is 12.8 Å². The molecular weight excluding hydrogens is 340 g/mol. The highest BCUT2D eigenvalue weighted by Gasteiger charge is 2.35. The van der Waals surface area contributed by atoms with Gasteiger partial charge in [-0.3, -0.25) is 14.8 Å². The molecule has 3 aromatic rings. The van der Waals surface area contributed by atoms with Crippen LogP contribution in [0.1, 0.15) is 24.5 Å². The Morgan fingerprint density at radius 3 is 2.52 bits per heavy atom. The topological polar surface area (TPSA) is 76.8 Å². The minimum Gasteiger partial charge on any atom is -0.354 e. The van der Waals surface area contributed by atoms with Crippen molar-refractivity contribution in [3.8, 4) is 11.3 Å². The van der Waals surface area contributed by atoms with Crippen LogP contribution >= 0.6 is 0 Å². The molecule has 0 radical (unpaired) electrons. The van der Waals surface area contributed by atoms with Crippen molar-refractivity contribution in [1.29, 1.82) is 0 Å². The van der Waals surface area contributed by atoms with Crippen LogP contribution < -0.4 is 10.5 Å². The first-order chi connectivity index (χ1) is 13.3. The fourth-order valence-electron chi connectivity index (χ4n) is 3.59. The van der Waals surface area contributed by atoms with Crippen molar-refractivity contribution in [2.75, 3.05) is 18.0 Å². The second kappa shape index (κ2) is 6.57. The van der Waals surface area contributed by atoms with Gasteiger partial charge in [-0.05, 0) is 31.0 Å². The molecule has 7 nitrogen and oxygen atoms in total. The summed E-state index contributed by atoms with van der Waals surface area (Å²) in [6.45, 7) is 2.38. The molecule has 0 amide bonds. The lowest BCUT2D eigenvalue weighted by Gasteiger charge is -2.40. The number of nitrogens with zero attached hydrogens (tertiary/aromatic N) is 6. The van der Waals surface area contributed by atoms with Gasteiger partial charge >= 0.3 is 0 Å². The molecule has 0 spiro atoms. The van der Waals surface area contributed by atoms with Crippen molar-refractivity contribution in [2.24, 2.45) is 5.92 Å². The quantitative estimate of drug-likeness (QED) is 0.694. The van der Waals surface area contributed by atoms with Gasteiger partial charge in [0.1, 0.15) is 0 Å². The molecule has 136 valence electrons. The molecule has 1 saturated carbocycles. The summed E-state index contributed by atoms with van der Waals surface area (Å²) in [7, 11) is 0. The summed E-state index contributed by atoms with van der Waals surface area (Å²) in [4.78, 5) is 27.6. The summed E-state index contributed by atoms with van der Waals surface area (Å²) in [6.07, 6.45) is 9.43. The average molecular weight is 360 g/mol. The average Bonchev–Trinajstić information content (AvgIpc) is 3.52. The third kappa shape index (κ3) is 3.20. The van der Waals surface area contributed by atoms with Crippen molar-refractivity contribution < 1.29 is 0 Å². The highest BCUT2D eigenvalue weighted by atomic mass is 16.1. The van der Waals surface area contributed by atoms with E-state index in [0.717, 1.165) is 35.9 Å². The molecule has 4 heterocycles. The van der Waals surface area contributed by atoms with Gasteiger partial charge in [0.2, 0.25) is 0 Å². The normalized spacial score (nSPS) is 17.0. The number of hydrogen-bond donors (Lipinski definition) is 0. The Balaban J connectivity index is 1.30. The molecule has 5 rings (SSSR count). The van der Waals surface area contributed by atoms with Gasteiger partial charge in [-0.25, -0.2) is 9.67 Å². The molecular formula is C20H20N6O. The summed E-state index contributed by atoms with van der Waals surface area (Å²) < 4.78 is 1.58. The van der Waals surface area contributed by atoms with Crippen LogP contribution in [0.25, 0.3) is 11.3 Å². The van der Waals surface area contributed by atoms with E-state index in [0.29, 0.717) is 18.4 Å². The van der Waals surface area contributed by atoms with Crippen LogP contribution in [-0.4, -0.2) is 37.8 Å². The fraction of sp³-hybridized carbons (Fsp3) is 0.350. The Morgan fingerprint density at radius 2 is 1.74 bits per heavy atom. The molecule has 7 heteroatoms. The van der Waals surface area contributed by atoms with E-state index in [9.17, 15) is 4.79 Å². The minimum atomic E-state index is -0.0653. The van der Waals surface area contributed by atoms with Crippen molar-refractivity contribution in [2.45, 2.75) is 25.3 Å². The zero-order valence-corrected chi connectivity index (χ0v) is 14.9. The highest BCUT2D eigenvalue weighted by Crippen LogP contribution is 2.43. The lowest BCUT2D eigenvalue weighted by atomic mass is 9.99. The standard InChI is InChI=1S/C20H20N6O/c27-18-4-3-17(15-5-7-21-8-6-15)24-26(18)13-14-11-25(12-14)20-19(16-1-2-16)22-9-10-23-20/h3-10,14,16H,1-2,11-13H2. The summed E-state index contributed by atoms with van der Waals surface area (Å²) in [5.41, 5.74) is 2.82. The van der Waals surface area contributed by atoms with Gasteiger partial charge in [-0.15, -0.1) is 0 Å². The van der Waals surface area contributed by atoms with Gasteiger partial charge in [0.15, 0.2) is 5.82 Å². The molecule has 0 unspecified atom stereocenters. The van der Waals surface area contributed by atoms with Crippen LogP contribution in [0, 0.1) is 5.92 Å². The molecule has 1 saturated heterocycles. The molecule has 0 N–H and O–H groups in total. The highest BCUT2D eigenvalue weighted by molar-refractivity contribution is 5.57.